The second-order valence-corrected chi connectivity index (χ2v) is 14.9. The first-order chi connectivity index (χ1) is 24.6. The number of hydrogen-bond donors (Lipinski definition) is 3. The number of carbonyl (C=O) groups excluding carboxylic acids is 1. The van der Waals surface area contributed by atoms with Crippen LogP contribution in [0.3, 0.4) is 0 Å². The first kappa shape index (κ1) is 33.9. The number of fused-ring (bicyclic) bond motifs is 1. The van der Waals surface area contributed by atoms with Crippen LogP contribution in [-0.2, 0) is 24.9 Å². The summed E-state index contributed by atoms with van der Waals surface area (Å²) in [5.41, 5.74) is 5.88. The van der Waals surface area contributed by atoms with Gasteiger partial charge in [-0.15, -0.1) is 0 Å². The van der Waals surface area contributed by atoms with Gasteiger partial charge in [-0.05, 0) is 31.4 Å². The average molecular weight is 729 g/mol. The van der Waals surface area contributed by atoms with E-state index in [-0.39, 0.29) is 29.0 Å². The lowest BCUT2D eigenvalue weighted by molar-refractivity contribution is -0.131. The van der Waals surface area contributed by atoms with E-state index in [1.54, 1.807) is 23.2 Å². The third kappa shape index (κ3) is 6.31. The molecule has 0 radical (unpaired) electrons. The zero-order valence-electron chi connectivity index (χ0n) is 28.5. The van der Waals surface area contributed by atoms with Crippen molar-refractivity contribution in [1.82, 2.24) is 34.7 Å². The molecule has 51 heavy (non-hydrogen) atoms. The number of ether oxygens (including phenoxy) is 1. The Balaban J connectivity index is 1.04. The Hall–Kier alpha value is -4.26. The number of likely N-dealkylation sites (tertiary alicyclic amines) is 1. The van der Waals surface area contributed by atoms with Gasteiger partial charge in [0.25, 0.3) is 5.56 Å². The molecule has 5 aromatic rings. The number of nitrogens with zero attached hydrogens (tertiary/aromatic N) is 5. The summed E-state index contributed by atoms with van der Waals surface area (Å²) in [4.78, 5) is 32.1. The zero-order chi connectivity index (χ0) is 35.4. The fourth-order valence-electron chi connectivity index (χ4n) is 7.91. The van der Waals surface area contributed by atoms with E-state index >= 15 is 0 Å². The predicted molar refractivity (Wildman–Crippen MR) is 197 cm³/mol. The van der Waals surface area contributed by atoms with E-state index in [1.165, 1.54) is 0 Å². The molecule has 2 saturated heterocycles. The highest BCUT2D eigenvalue weighted by Gasteiger charge is 2.51. The molecule has 2 aliphatic heterocycles. The SMILES string of the molecule is COc1nc(-c2cccc(-c3cccc(-c4cc5c(=O)n(C)c(CN6CC7(CC(O)C7)C6)nn5c4)c3Cl)c2Cl)ccc1CNC[C@@H]1CCC(=O)N1. The smallest absolute Gasteiger partial charge is 0.277 e. The molecule has 264 valence electrons. The molecule has 5 heterocycles. The number of aliphatic hydroxyl groups excluding tert-OH is 1. The van der Waals surface area contributed by atoms with Gasteiger partial charge in [-0.2, -0.15) is 5.10 Å². The summed E-state index contributed by atoms with van der Waals surface area (Å²) in [6.07, 6.45) is 4.77. The molecule has 2 aromatic carbocycles. The standard InChI is InChI=1S/C38H39Cl2N7O4/c1-45-32(19-46-20-38(21-46)14-25(48)15-38)44-47-18-23(13-31(47)37(45)50)26-5-3-6-27(34(26)39)28-7-4-8-29(35(28)40)30-11-9-22(36(43-30)51-2)16-41-17-24-10-12-33(49)42-24/h3-9,11,13,18,24-25,41,48H,10,12,14-17,19-21H2,1-2H3,(H,42,49)/t24-/m0/s1. The third-order valence-corrected chi connectivity index (χ3v) is 11.4. The molecule has 1 atom stereocenters. The molecule has 8 rings (SSSR count). The summed E-state index contributed by atoms with van der Waals surface area (Å²) in [6, 6.07) is 17.4. The first-order valence-corrected chi connectivity index (χ1v) is 18.0. The van der Waals surface area contributed by atoms with Crippen molar-refractivity contribution in [2.75, 3.05) is 26.7 Å². The number of aromatic nitrogens is 4. The third-order valence-electron chi connectivity index (χ3n) is 10.6. The van der Waals surface area contributed by atoms with Crippen LogP contribution in [-0.4, -0.2) is 74.0 Å². The zero-order valence-corrected chi connectivity index (χ0v) is 30.0. The van der Waals surface area contributed by atoms with Crippen LogP contribution in [0, 0.1) is 5.41 Å². The lowest BCUT2D eigenvalue weighted by Crippen LogP contribution is -2.63. The van der Waals surface area contributed by atoms with E-state index in [9.17, 15) is 14.7 Å². The highest BCUT2D eigenvalue weighted by Crippen LogP contribution is 2.48. The molecule has 1 spiro atoms. The number of hydrogen-bond acceptors (Lipinski definition) is 8. The molecular weight excluding hydrogens is 689 g/mol. The summed E-state index contributed by atoms with van der Waals surface area (Å²) in [6.45, 7) is 3.61. The van der Waals surface area contributed by atoms with Crippen molar-refractivity contribution in [2.45, 2.75) is 50.9 Å². The lowest BCUT2D eigenvalue weighted by atomic mass is 9.62. The van der Waals surface area contributed by atoms with E-state index in [2.05, 4.69) is 15.5 Å². The molecule has 3 aliphatic rings. The number of amides is 1. The topological polar surface area (TPSA) is 126 Å². The van der Waals surface area contributed by atoms with Crippen molar-refractivity contribution >= 4 is 34.6 Å². The normalized spacial score (nSPS) is 18.6. The van der Waals surface area contributed by atoms with Crippen LogP contribution in [0.25, 0.3) is 39.0 Å². The first-order valence-electron chi connectivity index (χ1n) is 17.2. The Morgan fingerprint density at radius 2 is 1.73 bits per heavy atom. The number of halogens is 2. The summed E-state index contributed by atoms with van der Waals surface area (Å²) < 4.78 is 8.92. The van der Waals surface area contributed by atoms with Crippen LogP contribution in [0.2, 0.25) is 10.0 Å². The van der Waals surface area contributed by atoms with Crippen molar-refractivity contribution in [3.63, 3.8) is 0 Å². The molecular formula is C38H39Cl2N7O4. The maximum absolute atomic E-state index is 13.5. The second kappa shape index (κ2) is 13.4. The van der Waals surface area contributed by atoms with Gasteiger partial charge in [-0.25, -0.2) is 9.50 Å². The highest BCUT2D eigenvalue weighted by molar-refractivity contribution is 6.39. The van der Waals surface area contributed by atoms with Gasteiger partial charge >= 0.3 is 0 Å². The fraction of sp³-hybridized carbons (Fsp3) is 0.368. The van der Waals surface area contributed by atoms with Crippen molar-refractivity contribution in [3.8, 4) is 39.4 Å². The Kier molecular flexibility index (Phi) is 8.88. The van der Waals surface area contributed by atoms with Gasteiger partial charge < -0.3 is 20.5 Å². The van der Waals surface area contributed by atoms with Crippen LogP contribution in [0.5, 0.6) is 5.88 Å². The molecule has 0 bridgehead atoms. The molecule has 0 unspecified atom stereocenters. The van der Waals surface area contributed by atoms with Gasteiger partial charge in [-0.1, -0.05) is 65.7 Å². The van der Waals surface area contributed by atoms with Crippen LogP contribution in [0.4, 0.5) is 0 Å². The largest absolute Gasteiger partial charge is 0.481 e. The fourth-order valence-corrected chi connectivity index (χ4v) is 8.58. The van der Waals surface area contributed by atoms with Crippen molar-refractivity contribution in [2.24, 2.45) is 12.5 Å². The van der Waals surface area contributed by atoms with Crippen LogP contribution < -0.4 is 20.9 Å². The molecule has 11 nitrogen and oxygen atoms in total. The molecule has 13 heteroatoms. The van der Waals surface area contributed by atoms with Crippen molar-refractivity contribution < 1.29 is 14.6 Å². The summed E-state index contributed by atoms with van der Waals surface area (Å²) in [7, 11) is 3.35. The van der Waals surface area contributed by atoms with E-state index in [0.29, 0.717) is 59.0 Å². The molecule has 1 amide bonds. The number of benzene rings is 2. The molecule has 1 saturated carbocycles. The number of nitrogens with one attached hydrogen (secondary N) is 2. The van der Waals surface area contributed by atoms with Crippen LogP contribution in [0.15, 0.2) is 65.6 Å². The van der Waals surface area contributed by atoms with Gasteiger partial charge in [-0.3, -0.25) is 19.1 Å². The second-order valence-electron chi connectivity index (χ2n) is 14.2. The highest BCUT2D eigenvalue weighted by atomic mass is 35.5. The maximum Gasteiger partial charge on any atom is 0.277 e. The Bertz CT molecular complexity index is 2220. The monoisotopic (exact) mass is 727 g/mol. The van der Waals surface area contributed by atoms with Gasteiger partial charge in [0, 0.05) is 90.7 Å². The average Bonchev–Trinajstić information content (AvgIpc) is 3.71. The molecule has 3 fully saturated rings. The summed E-state index contributed by atoms with van der Waals surface area (Å²) in [5, 5.41) is 22.0. The van der Waals surface area contributed by atoms with Crippen molar-refractivity contribution in [1.29, 1.82) is 0 Å². The van der Waals surface area contributed by atoms with Crippen LogP contribution >= 0.6 is 23.2 Å². The van der Waals surface area contributed by atoms with Gasteiger partial charge in [0.05, 0.1) is 35.5 Å². The van der Waals surface area contributed by atoms with E-state index in [1.807, 2.05) is 60.8 Å². The minimum Gasteiger partial charge on any atom is -0.481 e. The molecule has 3 N–H and O–H groups in total. The van der Waals surface area contributed by atoms with E-state index in [4.69, 9.17) is 38.0 Å². The van der Waals surface area contributed by atoms with Gasteiger partial charge in [0.15, 0.2) is 0 Å². The number of aliphatic hydroxyl groups is 1. The Labute approximate surface area is 305 Å². The van der Waals surface area contributed by atoms with Crippen molar-refractivity contribution in [3.05, 3.63) is 92.6 Å². The van der Waals surface area contributed by atoms with E-state index in [0.717, 1.165) is 65.7 Å². The van der Waals surface area contributed by atoms with Gasteiger partial charge in [0.2, 0.25) is 11.8 Å². The maximum atomic E-state index is 13.5. The predicted octanol–water partition coefficient (Wildman–Crippen LogP) is 5.07. The quantitative estimate of drug-likeness (QED) is 0.182. The number of pyridine rings is 1. The molecule has 1 aliphatic carbocycles. The summed E-state index contributed by atoms with van der Waals surface area (Å²) in [5.74, 6) is 1.27. The number of rotatable bonds is 10. The lowest BCUT2D eigenvalue weighted by Gasteiger charge is -2.57. The minimum atomic E-state index is -0.179. The Morgan fingerprint density at radius 1 is 1.02 bits per heavy atom. The number of methoxy groups -OCH3 is 1. The van der Waals surface area contributed by atoms with Crippen LogP contribution in [0.1, 0.15) is 37.1 Å². The Morgan fingerprint density at radius 3 is 2.41 bits per heavy atom. The van der Waals surface area contributed by atoms with E-state index < -0.39 is 0 Å². The summed E-state index contributed by atoms with van der Waals surface area (Å²) >= 11 is 14.2. The number of carbonyl (C=O) groups is 1. The minimum absolute atomic E-state index is 0.0948. The molecule has 3 aromatic heterocycles. The van der Waals surface area contributed by atoms with Gasteiger partial charge in [0.1, 0.15) is 11.3 Å².